The maximum absolute atomic E-state index is 13.7. The van der Waals surface area contributed by atoms with Gasteiger partial charge in [0.05, 0.1) is 5.52 Å². The van der Waals surface area contributed by atoms with E-state index in [1.54, 1.807) is 21.9 Å². The normalized spacial score (nSPS) is 19.9. The summed E-state index contributed by atoms with van der Waals surface area (Å²) in [6.45, 7) is 2.88. The van der Waals surface area contributed by atoms with E-state index in [4.69, 9.17) is 9.47 Å². The molecule has 2 saturated carbocycles. The van der Waals surface area contributed by atoms with Crippen LogP contribution in [-0.4, -0.2) is 124 Å². The zero-order valence-electron chi connectivity index (χ0n) is 28.9. The zero-order valence-corrected chi connectivity index (χ0v) is 28.9. The van der Waals surface area contributed by atoms with Crippen LogP contribution in [0.5, 0.6) is 5.75 Å². The summed E-state index contributed by atoms with van der Waals surface area (Å²) in [4.78, 5) is 86.7. The molecule has 5 amide bonds. The van der Waals surface area contributed by atoms with Gasteiger partial charge in [-0.05, 0) is 82.4 Å². The Bertz CT molecular complexity index is 1670. The molecule has 274 valence electrons. The third-order valence-electron chi connectivity index (χ3n) is 10.3. The minimum atomic E-state index is -1.17. The van der Waals surface area contributed by atoms with Crippen molar-refractivity contribution in [3.63, 3.8) is 0 Å². The number of rotatable bonds is 12. The Morgan fingerprint density at radius 1 is 0.922 bits per heavy atom. The van der Waals surface area contributed by atoms with Gasteiger partial charge in [0.1, 0.15) is 29.6 Å². The highest BCUT2D eigenvalue weighted by Gasteiger charge is 2.36. The number of hydrogen-bond donors (Lipinski definition) is 3. The second-order valence-corrected chi connectivity index (χ2v) is 13.9. The molecule has 4 fully saturated rings. The van der Waals surface area contributed by atoms with Gasteiger partial charge in [0.25, 0.3) is 11.8 Å². The van der Waals surface area contributed by atoms with E-state index in [2.05, 4.69) is 15.6 Å². The average Bonchev–Trinajstić information content (AvgIpc) is 3.58. The fourth-order valence-electron chi connectivity index (χ4n) is 6.75. The fourth-order valence-corrected chi connectivity index (χ4v) is 6.75. The first kappa shape index (κ1) is 35.9. The molecule has 15 heteroatoms. The number of amides is 5. The Kier molecular flexibility index (Phi) is 11.2. The number of likely N-dealkylation sites (tertiary alicyclic amines) is 1. The van der Waals surface area contributed by atoms with Crippen LogP contribution in [0.3, 0.4) is 0 Å². The molecule has 0 radical (unpaired) electrons. The second kappa shape index (κ2) is 15.9. The number of hydrogen-bond acceptors (Lipinski definition) is 9. The van der Waals surface area contributed by atoms with Crippen LogP contribution in [0.25, 0.3) is 10.9 Å². The molecule has 0 bridgehead atoms. The van der Waals surface area contributed by atoms with Gasteiger partial charge in [0.15, 0.2) is 6.61 Å². The lowest BCUT2D eigenvalue weighted by molar-refractivity contribution is -0.140. The van der Waals surface area contributed by atoms with Gasteiger partial charge in [-0.1, -0.05) is 6.07 Å². The summed E-state index contributed by atoms with van der Waals surface area (Å²) in [6, 6.07) is 5.25. The minimum Gasteiger partial charge on any atom is -0.483 e. The van der Waals surface area contributed by atoms with Crippen LogP contribution in [0.2, 0.25) is 0 Å². The topological polar surface area (TPSA) is 188 Å². The van der Waals surface area contributed by atoms with Crippen LogP contribution in [0.1, 0.15) is 80.3 Å². The predicted octanol–water partition coefficient (Wildman–Crippen LogP) is 2.38. The Balaban J connectivity index is 1.13. The van der Waals surface area contributed by atoms with Crippen molar-refractivity contribution in [3.05, 3.63) is 35.5 Å². The lowest BCUT2D eigenvalue weighted by Crippen LogP contribution is -2.56. The van der Waals surface area contributed by atoms with Gasteiger partial charge in [-0.15, -0.1) is 0 Å². The highest BCUT2D eigenvalue weighted by atomic mass is 16.6. The number of carbonyl (C=O) groups excluding carboxylic acids is 5. The number of fused-ring (bicyclic) bond motifs is 1. The van der Waals surface area contributed by atoms with Crippen molar-refractivity contribution in [3.8, 4) is 5.75 Å². The molecular formula is C36H46N6O9. The SMILES string of the molecule is Cc1ccc2c(OCC(=O)N3CCC[C@H]3C(=O)NC3CCC3)cc(C(=O)N[C@@H](CCC(=O)O)C(=O)N3CCN(C(=O)OC4CCC4)CC3)nc2c1. The smallest absolute Gasteiger partial charge is 0.410 e. The minimum absolute atomic E-state index is 0.0567. The number of benzene rings is 1. The van der Waals surface area contributed by atoms with E-state index >= 15 is 0 Å². The number of aliphatic carboxylic acids is 1. The Hall–Kier alpha value is -4.95. The van der Waals surface area contributed by atoms with Crippen LogP contribution in [0.4, 0.5) is 4.79 Å². The quantitative estimate of drug-likeness (QED) is 0.296. The number of carbonyl (C=O) groups is 6. The molecule has 2 atom stereocenters. The molecule has 51 heavy (non-hydrogen) atoms. The van der Waals surface area contributed by atoms with Crippen molar-refractivity contribution >= 4 is 46.6 Å². The van der Waals surface area contributed by atoms with Crippen LogP contribution in [0, 0.1) is 6.92 Å². The van der Waals surface area contributed by atoms with E-state index in [1.165, 1.54) is 11.0 Å². The lowest BCUT2D eigenvalue weighted by atomic mass is 9.93. The van der Waals surface area contributed by atoms with Crippen molar-refractivity contribution in [2.75, 3.05) is 39.3 Å². The van der Waals surface area contributed by atoms with Crippen molar-refractivity contribution in [2.24, 2.45) is 0 Å². The number of ether oxygens (including phenoxy) is 2. The van der Waals surface area contributed by atoms with Gasteiger partial charge >= 0.3 is 12.1 Å². The molecule has 4 aliphatic rings. The number of piperazine rings is 1. The zero-order chi connectivity index (χ0) is 36.1. The molecule has 15 nitrogen and oxygen atoms in total. The number of nitrogens with zero attached hydrogens (tertiary/aromatic N) is 4. The molecule has 6 rings (SSSR count). The Labute approximate surface area is 296 Å². The van der Waals surface area contributed by atoms with Crippen molar-refractivity contribution in [1.29, 1.82) is 0 Å². The number of aryl methyl sites for hydroxylation is 1. The lowest BCUT2D eigenvalue weighted by Gasteiger charge is -2.37. The number of carboxylic acid groups (broad SMARTS) is 1. The molecule has 1 aromatic heterocycles. The summed E-state index contributed by atoms with van der Waals surface area (Å²) in [5, 5.41) is 15.7. The van der Waals surface area contributed by atoms with Crippen LogP contribution >= 0.6 is 0 Å². The van der Waals surface area contributed by atoms with Gasteiger partial charge < -0.3 is 39.9 Å². The molecule has 0 unspecified atom stereocenters. The van der Waals surface area contributed by atoms with Crippen molar-refractivity contribution in [1.82, 2.24) is 30.3 Å². The molecule has 3 heterocycles. The van der Waals surface area contributed by atoms with Crippen molar-refractivity contribution < 1.29 is 43.3 Å². The van der Waals surface area contributed by atoms with Crippen LogP contribution < -0.4 is 15.4 Å². The predicted molar refractivity (Wildman–Crippen MR) is 183 cm³/mol. The molecule has 2 saturated heterocycles. The molecule has 2 aliphatic carbocycles. The maximum atomic E-state index is 13.7. The number of aromatic nitrogens is 1. The molecule has 2 aromatic rings. The van der Waals surface area contributed by atoms with Crippen LogP contribution in [-0.2, 0) is 23.9 Å². The first-order chi connectivity index (χ1) is 24.5. The molecule has 3 N–H and O–H groups in total. The Morgan fingerprint density at radius 3 is 2.31 bits per heavy atom. The van der Waals surface area contributed by atoms with E-state index in [9.17, 15) is 33.9 Å². The maximum Gasteiger partial charge on any atom is 0.410 e. The molecule has 1 aromatic carbocycles. The number of nitrogens with one attached hydrogen (secondary N) is 2. The first-order valence-electron chi connectivity index (χ1n) is 18.0. The Morgan fingerprint density at radius 2 is 1.65 bits per heavy atom. The van der Waals surface area contributed by atoms with E-state index in [1.807, 2.05) is 13.0 Å². The summed E-state index contributed by atoms with van der Waals surface area (Å²) in [5.41, 5.74) is 1.23. The largest absolute Gasteiger partial charge is 0.483 e. The van der Waals surface area contributed by atoms with E-state index < -0.39 is 36.0 Å². The summed E-state index contributed by atoms with van der Waals surface area (Å²) >= 11 is 0. The number of carboxylic acids is 1. The van der Waals surface area contributed by atoms with E-state index in [0.29, 0.717) is 30.3 Å². The van der Waals surface area contributed by atoms with Gasteiger partial charge in [-0.25, -0.2) is 9.78 Å². The van der Waals surface area contributed by atoms with E-state index in [0.717, 1.165) is 44.1 Å². The van der Waals surface area contributed by atoms with Gasteiger partial charge in [-0.2, -0.15) is 0 Å². The summed E-state index contributed by atoms with van der Waals surface area (Å²) in [7, 11) is 0. The standard InChI is InChI=1S/C36H46N6O9/c1-22-10-11-25-27(19-22)38-28(20-30(25)50-21-31(43)42-14-4-9-29(42)34(47)37-23-5-2-6-23)33(46)39-26(12-13-32(44)45)35(48)40-15-17-41(18-16-40)36(49)51-24-7-3-8-24/h10-11,19-20,23-24,26,29H,2-9,12-18,21H2,1H3,(H,37,47)(H,39,46)(H,44,45)/t26-,29-/m0/s1. The first-order valence-corrected chi connectivity index (χ1v) is 18.0. The molecule has 2 aliphatic heterocycles. The monoisotopic (exact) mass is 706 g/mol. The highest BCUT2D eigenvalue weighted by Crippen LogP contribution is 2.28. The summed E-state index contributed by atoms with van der Waals surface area (Å²) in [5.74, 6) is -2.56. The third kappa shape index (κ3) is 8.68. The van der Waals surface area contributed by atoms with Gasteiger partial charge in [-0.3, -0.25) is 24.0 Å². The number of pyridine rings is 1. The summed E-state index contributed by atoms with van der Waals surface area (Å²) in [6.07, 6.45) is 6.03. The second-order valence-electron chi connectivity index (χ2n) is 13.9. The van der Waals surface area contributed by atoms with Crippen LogP contribution in [0.15, 0.2) is 24.3 Å². The van der Waals surface area contributed by atoms with Crippen molar-refractivity contribution in [2.45, 2.75) is 95.4 Å². The highest BCUT2D eigenvalue weighted by molar-refractivity contribution is 5.99. The van der Waals surface area contributed by atoms with Gasteiger partial charge in [0, 0.05) is 56.6 Å². The van der Waals surface area contributed by atoms with E-state index in [-0.39, 0.29) is 81.0 Å². The summed E-state index contributed by atoms with van der Waals surface area (Å²) < 4.78 is 11.5. The molecule has 0 spiro atoms. The third-order valence-corrected chi connectivity index (χ3v) is 10.3. The van der Waals surface area contributed by atoms with Gasteiger partial charge in [0.2, 0.25) is 11.8 Å². The fraction of sp³-hybridized carbons (Fsp3) is 0.583. The average molecular weight is 707 g/mol. The molecular weight excluding hydrogens is 660 g/mol.